The number of methoxy groups -OCH3 is 1. The van der Waals surface area contributed by atoms with E-state index < -0.39 is 36.0 Å². The van der Waals surface area contributed by atoms with Gasteiger partial charge in [0.15, 0.2) is 0 Å². The predicted molar refractivity (Wildman–Crippen MR) is 67.6 cm³/mol. The number of hydrogen-bond donors (Lipinski definition) is 2. The van der Waals surface area contributed by atoms with Crippen LogP contribution in [0.4, 0.5) is 17.6 Å². The molecular formula is C13H11F4NO4. The third-order valence-electron chi connectivity index (χ3n) is 2.49. The van der Waals surface area contributed by atoms with Crippen molar-refractivity contribution in [2.45, 2.75) is 6.18 Å². The Balaban J connectivity index is 3.03. The number of alkyl halides is 3. The summed E-state index contributed by atoms with van der Waals surface area (Å²) >= 11 is 0. The summed E-state index contributed by atoms with van der Waals surface area (Å²) in [4.78, 5) is 21.7. The van der Waals surface area contributed by atoms with E-state index in [1.54, 1.807) is 0 Å². The minimum Gasteiger partial charge on any atom is -0.496 e. The third kappa shape index (κ3) is 4.76. The van der Waals surface area contributed by atoms with Crippen LogP contribution in [0.1, 0.15) is 5.56 Å². The lowest BCUT2D eigenvalue weighted by molar-refractivity contribution is -0.173. The van der Waals surface area contributed by atoms with Crippen molar-refractivity contribution in [1.82, 2.24) is 5.32 Å². The van der Waals surface area contributed by atoms with Crippen molar-refractivity contribution >= 4 is 18.0 Å². The van der Waals surface area contributed by atoms with E-state index in [1.165, 1.54) is 18.5 Å². The standard InChI is InChI=1S/C13H11F4NO4/c1-22-10-3-2-9(14)5-7(10)4-8(11(19)20)6-18-12(21)13(15,16)17/h2-5H,6H2,1H3,(H,18,21)(H,19,20). The number of carboxylic acids is 1. The Kier molecular flexibility index (Phi) is 5.50. The van der Waals surface area contributed by atoms with Crippen LogP contribution >= 0.6 is 0 Å². The van der Waals surface area contributed by atoms with Crippen LogP contribution in [0.2, 0.25) is 0 Å². The molecule has 0 saturated carbocycles. The second kappa shape index (κ2) is 6.92. The molecule has 120 valence electrons. The van der Waals surface area contributed by atoms with E-state index in [0.717, 1.165) is 18.2 Å². The number of rotatable bonds is 5. The van der Waals surface area contributed by atoms with Crippen molar-refractivity contribution in [3.63, 3.8) is 0 Å². The molecule has 9 heteroatoms. The molecule has 0 aliphatic heterocycles. The highest BCUT2D eigenvalue weighted by Crippen LogP contribution is 2.22. The maximum absolute atomic E-state index is 13.2. The summed E-state index contributed by atoms with van der Waals surface area (Å²) in [7, 11) is 1.26. The van der Waals surface area contributed by atoms with Gasteiger partial charge in [0.1, 0.15) is 11.6 Å². The van der Waals surface area contributed by atoms with Crippen molar-refractivity contribution < 1.29 is 37.0 Å². The maximum atomic E-state index is 13.2. The highest BCUT2D eigenvalue weighted by molar-refractivity contribution is 5.94. The highest BCUT2D eigenvalue weighted by atomic mass is 19.4. The average molecular weight is 321 g/mol. The lowest BCUT2D eigenvalue weighted by Gasteiger charge is -2.09. The molecule has 0 unspecified atom stereocenters. The van der Waals surface area contributed by atoms with Crippen LogP contribution in [0.3, 0.4) is 0 Å². The zero-order valence-corrected chi connectivity index (χ0v) is 11.2. The summed E-state index contributed by atoms with van der Waals surface area (Å²) in [5.41, 5.74) is -0.553. The Morgan fingerprint density at radius 2 is 2.00 bits per heavy atom. The molecule has 5 nitrogen and oxygen atoms in total. The Bertz CT molecular complexity index is 611. The highest BCUT2D eigenvalue weighted by Gasteiger charge is 2.38. The van der Waals surface area contributed by atoms with Crippen molar-refractivity contribution in [2.75, 3.05) is 13.7 Å². The Labute approximate surface area is 122 Å². The minimum atomic E-state index is -5.12. The van der Waals surface area contributed by atoms with Gasteiger partial charge >= 0.3 is 18.1 Å². The van der Waals surface area contributed by atoms with Crippen molar-refractivity contribution in [1.29, 1.82) is 0 Å². The Morgan fingerprint density at radius 3 is 2.50 bits per heavy atom. The van der Waals surface area contributed by atoms with E-state index in [4.69, 9.17) is 9.84 Å². The van der Waals surface area contributed by atoms with Gasteiger partial charge in [-0.05, 0) is 24.3 Å². The third-order valence-corrected chi connectivity index (χ3v) is 2.49. The van der Waals surface area contributed by atoms with Crippen molar-refractivity contribution in [2.24, 2.45) is 0 Å². The molecule has 22 heavy (non-hydrogen) atoms. The van der Waals surface area contributed by atoms with Gasteiger partial charge in [0.05, 0.1) is 19.2 Å². The summed E-state index contributed by atoms with van der Waals surface area (Å²) in [5, 5.41) is 10.4. The molecule has 0 bridgehead atoms. The number of carboxylic acid groups (broad SMARTS) is 1. The predicted octanol–water partition coefficient (Wildman–Crippen LogP) is 1.98. The SMILES string of the molecule is COc1ccc(F)cc1C=C(CNC(=O)C(F)(F)F)C(=O)O. The molecule has 0 fully saturated rings. The number of nitrogens with one attached hydrogen (secondary N) is 1. The van der Waals surface area contributed by atoms with Crippen LogP contribution < -0.4 is 10.1 Å². The molecule has 0 heterocycles. The fourth-order valence-electron chi connectivity index (χ4n) is 1.47. The van der Waals surface area contributed by atoms with Crippen LogP contribution in [-0.4, -0.2) is 36.8 Å². The van der Waals surface area contributed by atoms with E-state index >= 15 is 0 Å². The van der Waals surface area contributed by atoms with Gasteiger partial charge in [-0.15, -0.1) is 0 Å². The molecule has 0 radical (unpaired) electrons. The van der Waals surface area contributed by atoms with Crippen LogP contribution in [0.25, 0.3) is 6.08 Å². The van der Waals surface area contributed by atoms with Gasteiger partial charge in [-0.25, -0.2) is 9.18 Å². The van der Waals surface area contributed by atoms with E-state index in [1.807, 2.05) is 0 Å². The second-order valence-corrected chi connectivity index (χ2v) is 4.04. The molecule has 0 aliphatic rings. The minimum absolute atomic E-state index is 0.0150. The van der Waals surface area contributed by atoms with Crippen LogP contribution in [0.15, 0.2) is 23.8 Å². The summed E-state index contributed by atoms with van der Waals surface area (Å²) in [6.07, 6.45) is -4.21. The summed E-state index contributed by atoms with van der Waals surface area (Å²) < 4.78 is 54.2. The molecule has 1 rings (SSSR count). The number of carbonyl (C=O) groups excluding carboxylic acids is 1. The molecule has 0 aromatic heterocycles. The molecule has 0 aliphatic carbocycles. The number of carbonyl (C=O) groups is 2. The number of halogens is 4. The number of hydrogen-bond acceptors (Lipinski definition) is 3. The van der Waals surface area contributed by atoms with Gasteiger partial charge < -0.3 is 15.2 Å². The molecule has 2 N–H and O–H groups in total. The van der Waals surface area contributed by atoms with Crippen molar-refractivity contribution in [3.8, 4) is 5.75 Å². The first-order valence-electron chi connectivity index (χ1n) is 5.77. The molecule has 1 aromatic rings. The lowest BCUT2D eigenvalue weighted by Crippen LogP contribution is -2.38. The monoisotopic (exact) mass is 321 g/mol. The quantitative estimate of drug-likeness (QED) is 0.642. The van der Waals surface area contributed by atoms with Gasteiger partial charge in [0, 0.05) is 5.56 Å². The first kappa shape index (κ1) is 17.5. The van der Waals surface area contributed by atoms with E-state index in [-0.39, 0.29) is 11.3 Å². The topological polar surface area (TPSA) is 75.6 Å². The summed E-state index contributed by atoms with van der Waals surface area (Å²) in [6, 6.07) is 3.25. The summed E-state index contributed by atoms with van der Waals surface area (Å²) in [6.45, 7) is -0.882. The van der Waals surface area contributed by atoms with E-state index in [2.05, 4.69) is 0 Å². The second-order valence-electron chi connectivity index (χ2n) is 4.04. The largest absolute Gasteiger partial charge is 0.496 e. The molecule has 0 saturated heterocycles. The van der Waals surface area contributed by atoms with Gasteiger partial charge in [-0.3, -0.25) is 4.79 Å². The van der Waals surface area contributed by atoms with E-state index in [9.17, 15) is 27.2 Å². The van der Waals surface area contributed by atoms with Crippen molar-refractivity contribution in [3.05, 3.63) is 35.2 Å². The number of aliphatic carboxylic acids is 1. The van der Waals surface area contributed by atoms with Crippen LogP contribution in [0, 0.1) is 5.82 Å². The number of ether oxygens (including phenoxy) is 1. The first-order chi connectivity index (χ1) is 10.1. The van der Waals surface area contributed by atoms with Gasteiger partial charge in [0.2, 0.25) is 0 Å². The normalized spacial score (nSPS) is 12.0. The zero-order chi connectivity index (χ0) is 16.9. The van der Waals surface area contributed by atoms with E-state index in [0.29, 0.717) is 0 Å². The van der Waals surface area contributed by atoms with Gasteiger partial charge in [-0.2, -0.15) is 13.2 Å². The Morgan fingerprint density at radius 1 is 1.36 bits per heavy atom. The first-order valence-corrected chi connectivity index (χ1v) is 5.77. The summed E-state index contributed by atoms with van der Waals surface area (Å²) in [5.74, 6) is -4.39. The maximum Gasteiger partial charge on any atom is 0.471 e. The average Bonchev–Trinajstić information content (AvgIpc) is 2.41. The van der Waals surface area contributed by atoms with Gasteiger partial charge in [0.25, 0.3) is 0 Å². The van der Waals surface area contributed by atoms with Crippen LogP contribution in [-0.2, 0) is 9.59 Å². The molecular weight excluding hydrogens is 310 g/mol. The molecule has 1 amide bonds. The molecule has 1 aromatic carbocycles. The Hall–Kier alpha value is -2.58. The smallest absolute Gasteiger partial charge is 0.471 e. The molecule has 0 spiro atoms. The number of amides is 1. The van der Waals surface area contributed by atoms with Gasteiger partial charge in [-0.1, -0.05) is 0 Å². The number of benzene rings is 1. The zero-order valence-electron chi connectivity index (χ0n) is 11.2. The van der Waals surface area contributed by atoms with Crippen LogP contribution in [0.5, 0.6) is 5.75 Å². The fraction of sp³-hybridized carbons (Fsp3) is 0.231. The molecule has 0 atom stereocenters. The fourth-order valence-corrected chi connectivity index (χ4v) is 1.47. The lowest BCUT2D eigenvalue weighted by atomic mass is 10.1.